The summed E-state index contributed by atoms with van der Waals surface area (Å²) in [6, 6.07) is 15.0. The van der Waals surface area contributed by atoms with Crippen molar-refractivity contribution >= 4 is 31.9 Å². The second kappa shape index (κ2) is 5.36. The molecule has 2 rings (SSSR count). The van der Waals surface area contributed by atoms with Crippen LogP contribution in [0.4, 0.5) is 0 Å². The Morgan fingerprint density at radius 1 is 0.941 bits per heavy atom. The van der Waals surface area contributed by atoms with Crippen LogP contribution < -0.4 is 0 Å². The van der Waals surface area contributed by atoms with Crippen LogP contribution in [-0.2, 0) is 0 Å². The lowest BCUT2D eigenvalue weighted by Crippen LogP contribution is -1.96. The molecule has 0 N–H and O–H groups in total. The van der Waals surface area contributed by atoms with E-state index in [4.69, 9.17) is 0 Å². The molecule has 0 aliphatic rings. The van der Waals surface area contributed by atoms with E-state index in [1.54, 1.807) is 0 Å². The number of rotatable bonds is 2. The van der Waals surface area contributed by atoms with Crippen molar-refractivity contribution in [3.05, 3.63) is 69.2 Å². The lowest BCUT2D eigenvalue weighted by atomic mass is 9.98. The van der Waals surface area contributed by atoms with Gasteiger partial charge in [-0.3, -0.25) is 0 Å². The molecule has 2 aromatic carbocycles. The van der Waals surface area contributed by atoms with Gasteiger partial charge in [0, 0.05) is 4.47 Å². The molecular weight excluding hydrogens is 340 g/mol. The van der Waals surface area contributed by atoms with Crippen molar-refractivity contribution in [2.75, 3.05) is 0 Å². The minimum absolute atomic E-state index is 0.260. The summed E-state index contributed by atoms with van der Waals surface area (Å²) in [5.74, 6) is 0. The third-order valence-electron chi connectivity index (χ3n) is 2.87. The van der Waals surface area contributed by atoms with E-state index >= 15 is 0 Å². The van der Waals surface area contributed by atoms with Gasteiger partial charge in [0.25, 0.3) is 0 Å². The Labute approximate surface area is 119 Å². The molecule has 1 unspecified atom stereocenters. The van der Waals surface area contributed by atoms with Crippen LogP contribution in [0, 0.1) is 13.8 Å². The van der Waals surface area contributed by atoms with Crippen molar-refractivity contribution in [3.8, 4) is 0 Å². The fourth-order valence-corrected chi connectivity index (χ4v) is 2.91. The van der Waals surface area contributed by atoms with Gasteiger partial charge in [0.05, 0.1) is 4.83 Å². The summed E-state index contributed by atoms with van der Waals surface area (Å²) < 4.78 is 1.11. The van der Waals surface area contributed by atoms with Gasteiger partial charge in [0.15, 0.2) is 0 Å². The van der Waals surface area contributed by atoms with E-state index in [0.29, 0.717) is 0 Å². The monoisotopic (exact) mass is 352 g/mol. The highest BCUT2D eigenvalue weighted by Crippen LogP contribution is 2.33. The van der Waals surface area contributed by atoms with Crippen LogP contribution in [0.2, 0.25) is 0 Å². The Kier molecular flexibility index (Phi) is 4.05. The van der Waals surface area contributed by atoms with Crippen molar-refractivity contribution in [2.45, 2.75) is 18.7 Å². The van der Waals surface area contributed by atoms with Crippen molar-refractivity contribution in [1.82, 2.24) is 0 Å². The maximum Gasteiger partial charge on any atom is 0.0647 e. The number of aryl methyl sites for hydroxylation is 2. The molecule has 0 amide bonds. The maximum absolute atomic E-state index is 3.79. The Hall–Kier alpha value is -0.600. The standard InChI is InChI=1S/C15H14Br2/c1-10-3-4-11(2)14(9-10)15(17)12-5-7-13(16)8-6-12/h3-9,15H,1-2H3. The number of hydrogen-bond donors (Lipinski definition) is 0. The third-order valence-corrected chi connectivity index (χ3v) is 4.42. The fourth-order valence-electron chi connectivity index (χ4n) is 1.84. The van der Waals surface area contributed by atoms with Crippen LogP contribution in [0.15, 0.2) is 46.9 Å². The fraction of sp³-hybridized carbons (Fsp3) is 0.200. The van der Waals surface area contributed by atoms with E-state index in [-0.39, 0.29) is 4.83 Å². The summed E-state index contributed by atoms with van der Waals surface area (Å²) in [6.07, 6.45) is 0. The molecule has 0 aliphatic carbocycles. The number of benzene rings is 2. The average molecular weight is 354 g/mol. The molecule has 0 bridgehead atoms. The van der Waals surface area contributed by atoms with Gasteiger partial charge in [-0.15, -0.1) is 0 Å². The quantitative estimate of drug-likeness (QED) is 0.621. The summed E-state index contributed by atoms with van der Waals surface area (Å²) in [5, 5.41) is 0. The zero-order chi connectivity index (χ0) is 12.4. The predicted molar refractivity (Wildman–Crippen MR) is 80.8 cm³/mol. The van der Waals surface area contributed by atoms with Gasteiger partial charge in [0.1, 0.15) is 0 Å². The van der Waals surface area contributed by atoms with E-state index in [1.807, 2.05) is 0 Å². The predicted octanol–water partition coefficient (Wildman–Crippen LogP) is 5.55. The first-order valence-electron chi connectivity index (χ1n) is 5.54. The number of halogens is 2. The molecular formula is C15H14Br2. The van der Waals surface area contributed by atoms with Crippen LogP contribution >= 0.6 is 31.9 Å². The maximum atomic E-state index is 3.79. The molecule has 17 heavy (non-hydrogen) atoms. The van der Waals surface area contributed by atoms with Gasteiger partial charge < -0.3 is 0 Å². The topological polar surface area (TPSA) is 0 Å². The van der Waals surface area contributed by atoms with Gasteiger partial charge in [-0.25, -0.2) is 0 Å². The number of alkyl halides is 1. The van der Waals surface area contributed by atoms with Crippen molar-refractivity contribution in [3.63, 3.8) is 0 Å². The molecule has 2 aromatic rings. The Balaban J connectivity index is 2.39. The molecule has 0 aromatic heterocycles. The van der Waals surface area contributed by atoms with Crippen molar-refractivity contribution < 1.29 is 0 Å². The minimum Gasteiger partial charge on any atom is -0.0786 e. The Morgan fingerprint density at radius 3 is 2.24 bits per heavy atom. The highest BCUT2D eigenvalue weighted by atomic mass is 79.9. The summed E-state index contributed by atoms with van der Waals surface area (Å²) in [4.78, 5) is 0.260. The second-order valence-corrected chi connectivity index (χ2v) is 6.11. The SMILES string of the molecule is Cc1ccc(C)c(C(Br)c2ccc(Br)cc2)c1. The molecule has 0 fully saturated rings. The molecule has 0 heterocycles. The summed E-state index contributed by atoms with van der Waals surface area (Å²) in [5.41, 5.74) is 5.24. The van der Waals surface area contributed by atoms with Gasteiger partial charge in [0.2, 0.25) is 0 Å². The van der Waals surface area contributed by atoms with E-state index in [2.05, 4.69) is 88.2 Å². The third kappa shape index (κ3) is 2.99. The Morgan fingerprint density at radius 2 is 1.59 bits per heavy atom. The van der Waals surface area contributed by atoms with Gasteiger partial charge >= 0.3 is 0 Å². The molecule has 0 aliphatic heterocycles. The van der Waals surface area contributed by atoms with Gasteiger partial charge in [-0.1, -0.05) is 67.8 Å². The summed E-state index contributed by atoms with van der Waals surface area (Å²) in [7, 11) is 0. The summed E-state index contributed by atoms with van der Waals surface area (Å²) in [6.45, 7) is 4.28. The molecule has 0 saturated heterocycles. The largest absolute Gasteiger partial charge is 0.0786 e. The summed E-state index contributed by atoms with van der Waals surface area (Å²) >= 11 is 7.25. The van der Waals surface area contributed by atoms with Crippen LogP contribution in [0.5, 0.6) is 0 Å². The van der Waals surface area contributed by atoms with Crippen molar-refractivity contribution in [1.29, 1.82) is 0 Å². The molecule has 88 valence electrons. The molecule has 0 saturated carbocycles. The van der Waals surface area contributed by atoms with Gasteiger partial charge in [-0.05, 0) is 42.7 Å². The van der Waals surface area contributed by atoms with E-state index < -0.39 is 0 Å². The second-order valence-electron chi connectivity index (χ2n) is 4.27. The zero-order valence-corrected chi connectivity index (χ0v) is 13.0. The van der Waals surface area contributed by atoms with Crippen LogP contribution in [-0.4, -0.2) is 0 Å². The van der Waals surface area contributed by atoms with Crippen LogP contribution in [0.25, 0.3) is 0 Å². The molecule has 0 nitrogen and oxygen atoms in total. The highest BCUT2D eigenvalue weighted by Gasteiger charge is 2.12. The van der Waals surface area contributed by atoms with E-state index in [0.717, 1.165) is 4.47 Å². The van der Waals surface area contributed by atoms with E-state index in [1.165, 1.54) is 22.3 Å². The van der Waals surface area contributed by atoms with Crippen LogP contribution in [0.3, 0.4) is 0 Å². The van der Waals surface area contributed by atoms with E-state index in [9.17, 15) is 0 Å². The molecule has 0 spiro atoms. The Bertz CT molecular complexity index is 515. The minimum atomic E-state index is 0.260. The lowest BCUT2D eigenvalue weighted by Gasteiger charge is -2.14. The first kappa shape index (κ1) is 12.8. The average Bonchev–Trinajstić information content (AvgIpc) is 2.32. The molecule has 1 atom stereocenters. The molecule has 0 radical (unpaired) electrons. The normalized spacial score (nSPS) is 12.5. The van der Waals surface area contributed by atoms with Crippen molar-refractivity contribution in [2.24, 2.45) is 0 Å². The highest BCUT2D eigenvalue weighted by molar-refractivity contribution is 9.10. The first-order valence-corrected chi connectivity index (χ1v) is 7.25. The smallest absolute Gasteiger partial charge is 0.0647 e. The molecule has 2 heteroatoms. The number of hydrogen-bond acceptors (Lipinski definition) is 0. The van der Waals surface area contributed by atoms with Crippen LogP contribution in [0.1, 0.15) is 27.1 Å². The van der Waals surface area contributed by atoms with Gasteiger partial charge in [-0.2, -0.15) is 0 Å². The zero-order valence-electron chi connectivity index (χ0n) is 9.87. The lowest BCUT2D eigenvalue weighted by molar-refractivity contribution is 1.13. The first-order chi connectivity index (χ1) is 8.08.